The molecule has 2 aliphatic heterocycles. The van der Waals surface area contributed by atoms with E-state index < -0.39 is 6.09 Å². The van der Waals surface area contributed by atoms with Gasteiger partial charge in [0, 0.05) is 13.1 Å². The first-order valence-corrected chi connectivity index (χ1v) is 6.97. The summed E-state index contributed by atoms with van der Waals surface area (Å²) in [6.07, 6.45) is 1.50. The zero-order chi connectivity index (χ0) is 14.0. The van der Waals surface area contributed by atoms with Crippen molar-refractivity contribution in [1.29, 1.82) is 0 Å². The third-order valence-electron chi connectivity index (χ3n) is 4.09. The van der Waals surface area contributed by atoms with Crippen molar-refractivity contribution in [1.82, 2.24) is 9.80 Å². The SMILES string of the molecule is CCCCOC(=O)N1CC2CC(C)C(C1)N2C(=O)O. The van der Waals surface area contributed by atoms with Crippen molar-refractivity contribution in [2.45, 2.75) is 45.2 Å². The average Bonchev–Trinajstić information content (AvgIpc) is 2.56. The molecule has 0 spiro atoms. The van der Waals surface area contributed by atoms with Crippen LogP contribution in [-0.2, 0) is 4.74 Å². The monoisotopic (exact) mass is 270 g/mol. The van der Waals surface area contributed by atoms with Gasteiger partial charge in [-0.2, -0.15) is 0 Å². The average molecular weight is 270 g/mol. The van der Waals surface area contributed by atoms with Crippen LogP contribution in [0.15, 0.2) is 0 Å². The van der Waals surface area contributed by atoms with Gasteiger partial charge in [-0.15, -0.1) is 0 Å². The Morgan fingerprint density at radius 3 is 2.68 bits per heavy atom. The van der Waals surface area contributed by atoms with Gasteiger partial charge >= 0.3 is 12.2 Å². The number of unbranched alkanes of at least 4 members (excludes halogenated alkanes) is 1. The molecule has 19 heavy (non-hydrogen) atoms. The number of carbonyl (C=O) groups is 2. The van der Waals surface area contributed by atoms with Crippen LogP contribution in [0.2, 0.25) is 0 Å². The third kappa shape index (κ3) is 2.77. The van der Waals surface area contributed by atoms with E-state index in [1.54, 1.807) is 4.90 Å². The number of piperazine rings is 1. The lowest BCUT2D eigenvalue weighted by atomic mass is 10.0. The molecule has 0 aromatic heterocycles. The van der Waals surface area contributed by atoms with Crippen molar-refractivity contribution in [3.05, 3.63) is 0 Å². The normalized spacial score (nSPS) is 29.5. The molecule has 0 radical (unpaired) electrons. The molecule has 1 N–H and O–H groups in total. The number of hydrogen-bond donors (Lipinski definition) is 1. The maximum atomic E-state index is 11.9. The Morgan fingerprint density at radius 1 is 1.37 bits per heavy atom. The highest BCUT2D eigenvalue weighted by Crippen LogP contribution is 2.34. The molecule has 0 saturated carbocycles. The number of likely N-dealkylation sites (tertiary alicyclic amines) is 1. The second-order valence-electron chi connectivity index (χ2n) is 5.50. The summed E-state index contributed by atoms with van der Waals surface area (Å²) < 4.78 is 5.20. The van der Waals surface area contributed by atoms with Crippen LogP contribution in [0.3, 0.4) is 0 Å². The number of hydrogen-bond acceptors (Lipinski definition) is 3. The smallest absolute Gasteiger partial charge is 0.409 e. The second kappa shape index (κ2) is 5.67. The van der Waals surface area contributed by atoms with Crippen molar-refractivity contribution in [3.63, 3.8) is 0 Å². The molecular formula is C13H22N2O4. The molecule has 6 heteroatoms. The van der Waals surface area contributed by atoms with Gasteiger partial charge in [0.05, 0.1) is 18.7 Å². The number of fused-ring (bicyclic) bond motifs is 2. The Balaban J connectivity index is 1.95. The minimum Gasteiger partial charge on any atom is -0.465 e. The van der Waals surface area contributed by atoms with Gasteiger partial charge in [0.2, 0.25) is 0 Å². The molecule has 2 aliphatic rings. The fraction of sp³-hybridized carbons (Fsp3) is 0.846. The molecule has 2 saturated heterocycles. The van der Waals surface area contributed by atoms with Crippen molar-refractivity contribution in [2.75, 3.05) is 19.7 Å². The maximum Gasteiger partial charge on any atom is 0.409 e. The van der Waals surface area contributed by atoms with Crippen molar-refractivity contribution in [2.24, 2.45) is 5.92 Å². The highest BCUT2D eigenvalue weighted by molar-refractivity contribution is 5.70. The van der Waals surface area contributed by atoms with Gasteiger partial charge in [-0.25, -0.2) is 9.59 Å². The maximum absolute atomic E-state index is 11.9. The molecule has 3 unspecified atom stereocenters. The van der Waals surface area contributed by atoms with E-state index in [2.05, 4.69) is 0 Å². The summed E-state index contributed by atoms with van der Waals surface area (Å²) in [7, 11) is 0. The lowest BCUT2D eigenvalue weighted by molar-refractivity contribution is 0.0418. The van der Waals surface area contributed by atoms with Crippen LogP contribution in [0, 0.1) is 5.92 Å². The summed E-state index contributed by atoms with van der Waals surface area (Å²) in [6.45, 7) is 5.44. The van der Waals surface area contributed by atoms with E-state index in [1.165, 1.54) is 4.90 Å². The zero-order valence-corrected chi connectivity index (χ0v) is 11.5. The molecule has 2 rings (SSSR count). The Hall–Kier alpha value is -1.46. The topological polar surface area (TPSA) is 70.1 Å². The number of amides is 2. The van der Waals surface area contributed by atoms with Crippen molar-refractivity contribution < 1.29 is 19.4 Å². The van der Waals surface area contributed by atoms with E-state index >= 15 is 0 Å². The minimum absolute atomic E-state index is 0.0787. The summed E-state index contributed by atoms with van der Waals surface area (Å²) in [5.41, 5.74) is 0. The van der Waals surface area contributed by atoms with Gasteiger partial charge in [-0.05, 0) is 18.8 Å². The summed E-state index contributed by atoms with van der Waals surface area (Å²) in [5, 5.41) is 9.23. The fourth-order valence-electron chi connectivity index (χ4n) is 3.07. The molecule has 0 aromatic rings. The zero-order valence-electron chi connectivity index (χ0n) is 11.5. The third-order valence-corrected chi connectivity index (χ3v) is 4.09. The Morgan fingerprint density at radius 2 is 2.11 bits per heavy atom. The van der Waals surface area contributed by atoms with Gasteiger partial charge in [-0.3, -0.25) is 4.90 Å². The molecule has 2 heterocycles. The number of carboxylic acid groups (broad SMARTS) is 1. The van der Waals surface area contributed by atoms with Crippen LogP contribution >= 0.6 is 0 Å². The first kappa shape index (κ1) is 14.0. The first-order valence-electron chi connectivity index (χ1n) is 6.97. The van der Waals surface area contributed by atoms with E-state index in [4.69, 9.17) is 4.74 Å². The number of nitrogens with zero attached hydrogens (tertiary/aromatic N) is 2. The lowest BCUT2D eigenvalue weighted by Crippen LogP contribution is -2.57. The summed E-state index contributed by atoms with van der Waals surface area (Å²) >= 11 is 0. The standard InChI is InChI=1S/C13H22N2O4/c1-3-4-5-19-13(18)14-7-10-6-9(2)11(8-14)15(10)12(16)17/h9-11H,3-8H2,1-2H3,(H,16,17). The van der Waals surface area contributed by atoms with E-state index in [0.717, 1.165) is 19.3 Å². The van der Waals surface area contributed by atoms with Crippen molar-refractivity contribution >= 4 is 12.2 Å². The number of ether oxygens (including phenoxy) is 1. The van der Waals surface area contributed by atoms with Crippen LogP contribution in [0.5, 0.6) is 0 Å². The Bertz CT molecular complexity index is 361. The largest absolute Gasteiger partial charge is 0.465 e. The van der Waals surface area contributed by atoms with E-state index in [9.17, 15) is 14.7 Å². The van der Waals surface area contributed by atoms with Gasteiger partial charge in [-0.1, -0.05) is 20.3 Å². The van der Waals surface area contributed by atoms with Crippen LogP contribution in [0.4, 0.5) is 9.59 Å². The fourth-order valence-corrected chi connectivity index (χ4v) is 3.07. The first-order chi connectivity index (χ1) is 9.04. The summed E-state index contributed by atoms with van der Waals surface area (Å²) in [4.78, 5) is 26.3. The summed E-state index contributed by atoms with van der Waals surface area (Å²) in [5.74, 6) is 0.301. The van der Waals surface area contributed by atoms with Gasteiger partial charge in [0.1, 0.15) is 0 Å². The molecule has 2 fully saturated rings. The van der Waals surface area contributed by atoms with E-state index in [-0.39, 0.29) is 18.2 Å². The van der Waals surface area contributed by atoms with Crippen molar-refractivity contribution in [3.8, 4) is 0 Å². The predicted molar refractivity (Wildman–Crippen MR) is 69.0 cm³/mol. The number of rotatable bonds is 3. The lowest BCUT2D eigenvalue weighted by Gasteiger charge is -2.39. The molecule has 6 nitrogen and oxygen atoms in total. The molecule has 3 atom stereocenters. The molecule has 108 valence electrons. The van der Waals surface area contributed by atoms with Crippen LogP contribution < -0.4 is 0 Å². The van der Waals surface area contributed by atoms with Gasteiger partial charge < -0.3 is 14.7 Å². The Labute approximate surface area is 113 Å². The molecule has 0 aromatic carbocycles. The Kier molecular flexibility index (Phi) is 4.17. The van der Waals surface area contributed by atoms with Crippen LogP contribution in [-0.4, -0.2) is 58.9 Å². The van der Waals surface area contributed by atoms with E-state index in [0.29, 0.717) is 25.6 Å². The summed E-state index contributed by atoms with van der Waals surface area (Å²) in [6, 6.07) is -0.167. The molecule has 2 amide bonds. The minimum atomic E-state index is -0.877. The molecular weight excluding hydrogens is 248 g/mol. The van der Waals surface area contributed by atoms with Crippen LogP contribution in [0.1, 0.15) is 33.1 Å². The van der Waals surface area contributed by atoms with E-state index in [1.807, 2.05) is 13.8 Å². The van der Waals surface area contributed by atoms with Crippen LogP contribution in [0.25, 0.3) is 0 Å². The van der Waals surface area contributed by atoms with Gasteiger partial charge in [0.15, 0.2) is 0 Å². The highest BCUT2D eigenvalue weighted by Gasteiger charge is 2.48. The predicted octanol–water partition coefficient (Wildman–Crippen LogP) is 2.00. The second-order valence-corrected chi connectivity index (χ2v) is 5.50. The quantitative estimate of drug-likeness (QED) is 0.796. The van der Waals surface area contributed by atoms with Gasteiger partial charge in [0.25, 0.3) is 0 Å². The highest BCUT2D eigenvalue weighted by atomic mass is 16.6. The molecule has 0 aliphatic carbocycles. The number of carbonyl (C=O) groups excluding carboxylic acids is 1. The molecule has 2 bridgehead atoms.